The molecule has 0 atom stereocenters. The molecule has 6 heteroatoms. The highest BCUT2D eigenvalue weighted by molar-refractivity contribution is 5.53. The molecule has 0 amide bonds. The number of benzene rings is 2. The van der Waals surface area contributed by atoms with Gasteiger partial charge in [-0.05, 0) is 24.3 Å². The quantitative estimate of drug-likeness (QED) is 0.516. The monoisotopic (exact) mass is 255 g/mol. The maximum Gasteiger partial charge on any atom is 0.290 e. The largest absolute Gasteiger partial charge is 0.457 e. The molecule has 0 aliphatic rings. The zero-order valence-electron chi connectivity index (χ0n) is 9.74. The van der Waals surface area contributed by atoms with Crippen LogP contribution in [-0.4, -0.2) is 4.92 Å². The number of ether oxygens (including phenoxy) is 1. The van der Waals surface area contributed by atoms with Gasteiger partial charge in [0.15, 0.2) is 0 Å². The van der Waals surface area contributed by atoms with Gasteiger partial charge in [-0.3, -0.25) is 10.1 Å². The highest BCUT2D eigenvalue weighted by atomic mass is 16.6. The molecule has 0 saturated heterocycles. The summed E-state index contributed by atoms with van der Waals surface area (Å²) in [7, 11) is 0. The van der Waals surface area contributed by atoms with Crippen LogP contribution in [0, 0.1) is 21.4 Å². The van der Waals surface area contributed by atoms with Crippen molar-refractivity contribution >= 4 is 11.4 Å². The van der Waals surface area contributed by atoms with Crippen molar-refractivity contribution in [2.24, 2.45) is 0 Å². The van der Waals surface area contributed by atoms with Crippen molar-refractivity contribution in [3.63, 3.8) is 0 Å². The molecule has 0 aliphatic heterocycles. The van der Waals surface area contributed by atoms with Gasteiger partial charge in [-0.15, -0.1) is 0 Å². The van der Waals surface area contributed by atoms with Crippen molar-refractivity contribution in [3.05, 3.63) is 58.1 Å². The molecule has 0 unspecified atom stereocenters. The number of hydrogen-bond donors (Lipinski definition) is 1. The van der Waals surface area contributed by atoms with Crippen molar-refractivity contribution < 1.29 is 9.66 Å². The van der Waals surface area contributed by atoms with E-state index < -0.39 is 4.92 Å². The Morgan fingerprint density at radius 3 is 2.58 bits per heavy atom. The van der Waals surface area contributed by atoms with Crippen LogP contribution in [0.4, 0.5) is 11.4 Å². The zero-order valence-corrected chi connectivity index (χ0v) is 9.74. The second kappa shape index (κ2) is 5.06. The smallest absolute Gasteiger partial charge is 0.290 e. The minimum absolute atomic E-state index is 0.00933. The summed E-state index contributed by atoms with van der Waals surface area (Å²) < 4.78 is 5.46. The molecular formula is C13H9N3O3. The number of anilines is 1. The summed E-state index contributed by atoms with van der Waals surface area (Å²) in [5.74, 6) is 0.746. The zero-order chi connectivity index (χ0) is 13.8. The lowest BCUT2D eigenvalue weighted by atomic mass is 10.2. The molecule has 2 rings (SSSR count). The van der Waals surface area contributed by atoms with Crippen LogP contribution < -0.4 is 10.5 Å². The lowest BCUT2D eigenvalue weighted by Gasteiger charge is -2.06. The standard InChI is InChI=1S/C13H9N3O3/c14-8-9-4-5-12(7-13(9)16(17)18)19-11-3-1-2-10(15)6-11/h1-7H,15H2. The third-order valence-corrected chi connectivity index (χ3v) is 2.38. The van der Waals surface area contributed by atoms with E-state index in [1.54, 1.807) is 30.3 Å². The van der Waals surface area contributed by atoms with Gasteiger partial charge in [0.05, 0.1) is 11.0 Å². The Morgan fingerprint density at radius 2 is 1.95 bits per heavy atom. The van der Waals surface area contributed by atoms with Gasteiger partial charge in [0.25, 0.3) is 5.69 Å². The molecule has 2 aromatic carbocycles. The van der Waals surface area contributed by atoms with E-state index >= 15 is 0 Å². The van der Waals surface area contributed by atoms with E-state index in [0.29, 0.717) is 11.4 Å². The first-order valence-electron chi connectivity index (χ1n) is 5.32. The fourth-order valence-corrected chi connectivity index (χ4v) is 1.53. The topological polar surface area (TPSA) is 102 Å². The summed E-state index contributed by atoms with van der Waals surface area (Å²) in [6.45, 7) is 0. The Bertz CT molecular complexity index is 677. The van der Waals surface area contributed by atoms with Crippen LogP contribution in [0.2, 0.25) is 0 Å². The Labute approximate surface area is 108 Å². The van der Waals surface area contributed by atoms with Gasteiger partial charge in [-0.2, -0.15) is 5.26 Å². The molecule has 2 aromatic rings. The van der Waals surface area contributed by atoms with Crippen molar-refractivity contribution in [1.82, 2.24) is 0 Å². The fraction of sp³-hybridized carbons (Fsp3) is 0. The number of hydrogen-bond acceptors (Lipinski definition) is 5. The van der Waals surface area contributed by atoms with Crippen LogP contribution in [0.5, 0.6) is 11.5 Å². The SMILES string of the molecule is N#Cc1ccc(Oc2cccc(N)c2)cc1[N+](=O)[O-]. The predicted molar refractivity (Wildman–Crippen MR) is 68.7 cm³/mol. The molecule has 0 aromatic heterocycles. The van der Waals surface area contributed by atoms with Gasteiger partial charge in [0.1, 0.15) is 23.1 Å². The molecule has 0 spiro atoms. The molecular weight excluding hydrogens is 246 g/mol. The van der Waals surface area contributed by atoms with E-state index in [1.807, 2.05) is 0 Å². The lowest BCUT2D eigenvalue weighted by Crippen LogP contribution is -1.94. The maximum absolute atomic E-state index is 10.8. The molecule has 2 N–H and O–H groups in total. The fourth-order valence-electron chi connectivity index (χ4n) is 1.53. The third kappa shape index (κ3) is 2.79. The molecule has 6 nitrogen and oxygen atoms in total. The first-order chi connectivity index (χ1) is 9.10. The van der Waals surface area contributed by atoms with Crippen LogP contribution in [0.3, 0.4) is 0 Å². The van der Waals surface area contributed by atoms with Gasteiger partial charge in [-0.1, -0.05) is 6.07 Å². The van der Waals surface area contributed by atoms with Gasteiger partial charge in [0.2, 0.25) is 0 Å². The number of nitriles is 1. The first-order valence-corrected chi connectivity index (χ1v) is 5.32. The number of nitrogen functional groups attached to an aromatic ring is 1. The molecule has 0 fully saturated rings. The number of rotatable bonds is 3. The second-order valence-corrected chi connectivity index (χ2v) is 3.72. The highest BCUT2D eigenvalue weighted by Gasteiger charge is 2.15. The van der Waals surface area contributed by atoms with E-state index in [4.69, 9.17) is 15.7 Å². The van der Waals surface area contributed by atoms with E-state index in [2.05, 4.69) is 0 Å². The van der Waals surface area contributed by atoms with Gasteiger partial charge in [0, 0.05) is 11.8 Å². The van der Waals surface area contributed by atoms with Gasteiger partial charge in [-0.25, -0.2) is 0 Å². The average molecular weight is 255 g/mol. The summed E-state index contributed by atoms with van der Waals surface area (Å²) >= 11 is 0. The first kappa shape index (κ1) is 12.4. The molecule has 19 heavy (non-hydrogen) atoms. The van der Waals surface area contributed by atoms with Gasteiger partial charge < -0.3 is 10.5 Å². The summed E-state index contributed by atoms with van der Waals surface area (Å²) in [4.78, 5) is 10.2. The molecule has 0 heterocycles. The highest BCUT2D eigenvalue weighted by Crippen LogP contribution is 2.28. The second-order valence-electron chi connectivity index (χ2n) is 3.72. The molecule has 0 aliphatic carbocycles. The third-order valence-electron chi connectivity index (χ3n) is 2.38. The summed E-state index contributed by atoms with van der Waals surface area (Å²) in [5.41, 5.74) is 5.84. The minimum Gasteiger partial charge on any atom is -0.457 e. The van der Waals surface area contributed by atoms with Crippen molar-refractivity contribution in [2.75, 3.05) is 5.73 Å². The number of nitro groups is 1. The van der Waals surface area contributed by atoms with Crippen LogP contribution in [-0.2, 0) is 0 Å². The Morgan fingerprint density at radius 1 is 1.21 bits per heavy atom. The number of nitrogens with two attached hydrogens (primary N) is 1. The Hall–Kier alpha value is -3.07. The molecule has 0 radical (unpaired) electrons. The molecule has 0 bridgehead atoms. The van der Waals surface area contributed by atoms with Gasteiger partial charge >= 0.3 is 0 Å². The molecule has 94 valence electrons. The lowest BCUT2D eigenvalue weighted by molar-refractivity contribution is -0.385. The van der Waals surface area contributed by atoms with Crippen LogP contribution in [0.1, 0.15) is 5.56 Å². The van der Waals surface area contributed by atoms with E-state index in [0.717, 1.165) is 0 Å². The van der Waals surface area contributed by atoms with Crippen molar-refractivity contribution in [3.8, 4) is 17.6 Å². The van der Waals surface area contributed by atoms with Crippen LogP contribution >= 0.6 is 0 Å². The van der Waals surface area contributed by atoms with Crippen molar-refractivity contribution in [1.29, 1.82) is 5.26 Å². The van der Waals surface area contributed by atoms with Crippen molar-refractivity contribution in [2.45, 2.75) is 0 Å². The van der Waals surface area contributed by atoms with Crippen LogP contribution in [0.25, 0.3) is 0 Å². The summed E-state index contributed by atoms with van der Waals surface area (Å²) in [5, 5.41) is 19.6. The Kier molecular flexibility index (Phi) is 3.30. The minimum atomic E-state index is -0.620. The number of nitro benzene ring substituents is 1. The van der Waals surface area contributed by atoms with E-state index in [9.17, 15) is 10.1 Å². The Balaban J connectivity index is 2.34. The van der Waals surface area contributed by atoms with E-state index in [1.165, 1.54) is 18.2 Å². The maximum atomic E-state index is 10.8. The predicted octanol–water partition coefficient (Wildman–Crippen LogP) is 2.84. The summed E-state index contributed by atoms with van der Waals surface area (Å²) in [6.07, 6.45) is 0. The summed E-state index contributed by atoms with van der Waals surface area (Å²) in [6, 6.07) is 12.5. The average Bonchev–Trinajstić information content (AvgIpc) is 2.38. The normalized spacial score (nSPS) is 9.63. The molecule has 0 saturated carbocycles. The van der Waals surface area contributed by atoms with E-state index in [-0.39, 0.29) is 17.0 Å². The van der Waals surface area contributed by atoms with Crippen LogP contribution in [0.15, 0.2) is 42.5 Å². The number of nitrogens with zero attached hydrogens (tertiary/aromatic N) is 2.